The van der Waals surface area contributed by atoms with Crippen LogP contribution in [0.15, 0.2) is 23.0 Å². The van der Waals surface area contributed by atoms with Crippen molar-refractivity contribution in [2.75, 3.05) is 19.5 Å². The highest BCUT2D eigenvalue weighted by atomic mass is 16.6. The summed E-state index contributed by atoms with van der Waals surface area (Å²) < 4.78 is 12.0. The molecule has 1 aliphatic heterocycles. The van der Waals surface area contributed by atoms with E-state index in [1.54, 1.807) is 18.2 Å². The highest BCUT2D eigenvalue weighted by molar-refractivity contribution is 5.98. The van der Waals surface area contributed by atoms with E-state index in [1.165, 1.54) is 18.9 Å². The number of rotatable bonds is 5. The van der Waals surface area contributed by atoms with Gasteiger partial charge in [-0.05, 0) is 31.5 Å². The third-order valence-electron chi connectivity index (χ3n) is 4.61. The SMILES string of the molecule is COc1ccc([C@H]2c3c(n(C(C)C)[nH]c3=O)NC(=O)[C@H]2[N+](=O)[O-])cc1OC. The zero-order chi connectivity index (χ0) is 19.9. The minimum atomic E-state index is -1.64. The maximum absolute atomic E-state index is 12.6. The number of fused-ring (bicyclic) bond motifs is 1. The number of aromatic amines is 1. The maximum atomic E-state index is 12.6. The monoisotopic (exact) mass is 376 g/mol. The molecule has 2 aromatic rings. The zero-order valence-electron chi connectivity index (χ0n) is 15.3. The van der Waals surface area contributed by atoms with Crippen LogP contribution in [-0.4, -0.2) is 40.9 Å². The molecule has 10 heteroatoms. The Morgan fingerprint density at radius 2 is 1.85 bits per heavy atom. The van der Waals surface area contributed by atoms with Gasteiger partial charge in [-0.1, -0.05) is 6.07 Å². The number of nitro groups is 1. The van der Waals surface area contributed by atoms with Crippen molar-refractivity contribution < 1.29 is 19.2 Å². The number of nitrogens with zero attached hydrogens (tertiary/aromatic N) is 2. The van der Waals surface area contributed by atoms with Crippen LogP contribution in [0.3, 0.4) is 0 Å². The zero-order valence-corrected chi connectivity index (χ0v) is 15.3. The third-order valence-corrected chi connectivity index (χ3v) is 4.61. The highest BCUT2D eigenvalue weighted by Gasteiger charge is 2.48. The number of hydrogen-bond acceptors (Lipinski definition) is 6. The van der Waals surface area contributed by atoms with Gasteiger partial charge in [-0.15, -0.1) is 0 Å². The van der Waals surface area contributed by atoms with Gasteiger partial charge in [-0.2, -0.15) is 0 Å². The molecule has 2 atom stereocenters. The first-order valence-electron chi connectivity index (χ1n) is 8.30. The van der Waals surface area contributed by atoms with Gasteiger partial charge < -0.3 is 14.8 Å². The van der Waals surface area contributed by atoms with Gasteiger partial charge in [0.2, 0.25) is 0 Å². The van der Waals surface area contributed by atoms with Crippen LogP contribution < -0.4 is 20.3 Å². The van der Waals surface area contributed by atoms with Crippen molar-refractivity contribution in [1.82, 2.24) is 9.78 Å². The molecule has 10 nitrogen and oxygen atoms in total. The third kappa shape index (κ3) is 2.92. The lowest BCUT2D eigenvalue weighted by Gasteiger charge is -2.27. The van der Waals surface area contributed by atoms with Crippen LogP contribution in [0.1, 0.15) is 36.9 Å². The van der Waals surface area contributed by atoms with Crippen molar-refractivity contribution >= 4 is 11.7 Å². The van der Waals surface area contributed by atoms with E-state index in [0.29, 0.717) is 17.1 Å². The second-order valence-electron chi connectivity index (χ2n) is 6.48. The molecule has 144 valence electrons. The first-order valence-corrected chi connectivity index (χ1v) is 8.30. The molecule has 1 aliphatic rings. The molecule has 0 radical (unpaired) electrons. The Labute approximate surface area is 154 Å². The number of benzene rings is 1. The second-order valence-corrected chi connectivity index (χ2v) is 6.48. The smallest absolute Gasteiger partial charge is 0.301 e. The van der Waals surface area contributed by atoms with E-state index in [0.717, 1.165) is 0 Å². The summed E-state index contributed by atoms with van der Waals surface area (Å²) in [7, 11) is 2.91. The summed E-state index contributed by atoms with van der Waals surface area (Å²) in [6.07, 6.45) is 0. The minimum absolute atomic E-state index is 0.150. The van der Waals surface area contributed by atoms with Crippen molar-refractivity contribution in [2.45, 2.75) is 31.8 Å². The van der Waals surface area contributed by atoms with Crippen LogP contribution in [0.5, 0.6) is 11.5 Å². The summed E-state index contributed by atoms with van der Waals surface area (Å²) in [6, 6.07) is 2.94. The number of carbonyl (C=O) groups excluding carboxylic acids is 1. The molecule has 0 spiro atoms. The number of aromatic nitrogens is 2. The number of H-pyrrole nitrogens is 1. The molecule has 0 unspecified atom stereocenters. The number of hydrogen-bond donors (Lipinski definition) is 2. The standard InChI is InChI=1S/C17H20N4O6/c1-8(2)20-15-13(16(22)19-20)12(14(21(24)25)17(23)18-15)9-5-6-10(26-3)11(7-9)27-4/h5-8,12,14H,1-4H3,(H,18,23)(H,19,22)/t12-,14-/m0/s1. The normalized spacial score (nSPS) is 18.8. The summed E-state index contributed by atoms with van der Waals surface area (Å²) in [4.78, 5) is 36.1. The Morgan fingerprint density at radius 1 is 1.19 bits per heavy atom. The van der Waals surface area contributed by atoms with Gasteiger partial charge in [0.1, 0.15) is 5.82 Å². The lowest BCUT2D eigenvalue weighted by Crippen LogP contribution is -2.45. The van der Waals surface area contributed by atoms with Crippen molar-refractivity contribution in [3.63, 3.8) is 0 Å². The van der Waals surface area contributed by atoms with Crippen molar-refractivity contribution in [2.24, 2.45) is 0 Å². The van der Waals surface area contributed by atoms with E-state index < -0.39 is 28.3 Å². The average Bonchev–Trinajstić information content (AvgIpc) is 2.96. The van der Waals surface area contributed by atoms with E-state index >= 15 is 0 Å². The van der Waals surface area contributed by atoms with Gasteiger partial charge >= 0.3 is 11.9 Å². The van der Waals surface area contributed by atoms with Gasteiger partial charge in [0.15, 0.2) is 11.5 Å². The topological polar surface area (TPSA) is 128 Å². The van der Waals surface area contributed by atoms with Crippen LogP contribution >= 0.6 is 0 Å². The molecule has 0 fully saturated rings. The van der Waals surface area contributed by atoms with Crippen molar-refractivity contribution in [3.05, 3.63) is 49.8 Å². The number of ether oxygens (including phenoxy) is 2. The number of amides is 1. The van der Waals surface area contributed by atoms with Gasteiger partial charge in [0.25, 0.3) is 5.56 Å². The molecule has 0 saturated carbocycles. The molecule has 27 heavy (non-hydrogen) atoms. The first kappa shape index (κ1) is 18.5. The molecule has 2 heterocycles. The van der Waals surface area contributed by atoms with Crippen molar-refractivity contribution in [1.29, 1.82) is 0 Å². The highest BCUT2D eigenvalue weighted by Crippen LogP contribution is 2.40. The lowest BCUT2D eigenvalue weighted by molar-refractivity contribution is -0.509. The molecule has 3 rings (SSSR count). The fourth-order valence-electron chi connectivity index (χ4n) is 3.38. The molecule has 2 N–H and O–H groups in total. The summed E-state index contributed by atoms with van der Waals surface area (Å²) in [6.45, 7) is 3.65. The summed E-state index contributed by atoms with van der Waals surface area (Å²) in [5.74, 6) is -0.803. The van der Waals surface area contributed by atoms with E-state index in [9.17, 15) is 19.7 Å². The molecule has 0 saturated heterocycles. The number of anilines is 1. The van der Waals surface area contributed by atoms with Gasteiger partial charge in [-0.25, -0.2) is 0 Å². The van der Waals surface area contributed by atoms with Crippen LogP contribution in [-0.2, 0) is 4.79 Å². The summed E-state index contributed by atoms with van der Waals surface area (Å²) in [5.41, 5.74) is 0.0833. The first-order chi connectivity index (χ1) is 12.8. The number of nitrogens with one attached hydrogen (secondary N) is 2. The van der Waals surface area contributed by atoms with Crippen LogP contribution in [0.4, 0.5) is 5.82 Å². The Kier molecular flexibility index (Phi) is 4.64. The predicted molar refractivity (Wildman–Crippen MR) is 96.2 cm³/mol. The predicted octanol–water partition coefficient (Wildman–Crippen LogP) is 1.50. The fourth-order valence-corrected chi connectivity index (χ4v) is 3.38. The van der Waals surface area contributed by atoms with E-state index in [-0.39, 0.29) is 17.4 Å². The fraction of sp³-hybridized carbons (Fsp3) is 0.412. The molecule has 1 aromatic carbocycles. The molecule has 0 aliphatic carbocycles. The molecular weight excluding hydrogens is 356 g/mol. The maximum Gasteiger partial charge on any atom is 0.301 e. The summed E-state index contributed by atoms with van der Waals surface area (Å²) >= 11 is 0. The van der Waals surface area contributed by atoms with Crippen LogP contribution in [0.25, 0.3) is 0 Å². The molecule has 1 aromatic heterocycles. The number of carbonyl (C=O) groups is 1. The molecular formula is C17H20N4O6. The number of methoxy groups -OCH3 is 2. The average molecular weight is 376 g/mol. The van der Waals surface area contributed by atoms with Gasteiger partial charge in [-0.3, -0.25) is 29.5 Å². The Morgan fingerprint density at radius 3 is 2.41 bits per heavy atom. The largest absolute Gasteiger partial charge is 0.493 e. The molecule has 0 bridgehead atoms. The Bertz CT molecular complexity index is 961. The van der Waals surface area contributed by atoms with E-state index in [1.807, 2.05) is 13.8 Å². The van der Waals surface area contributed by atoms with Gasteiger partial charge in [0, 0.05) is 11.0 Å². The van der Waals surface area contributed by atoms with Crippen LogP contribution in [0.2, 0.25) is 0 Å². The van der Waals surface area contributed by atoms with Crippen LogP contribution in [0, 0.1) is 10.1 Å². The van der Waals surface area contributed by atoms with E-state index in [4.69, 9.17) is 9.47 Å². The van der Waals surface area contributed by atoms with Gasteiger partial charge in [0.05, 0.1) is 25.7 Å². The summed E-state index contributed by atoms with van der Waals surface area (Å²) in [5, 5.41) is 16.8. The Balaban J connectivity index is 2.27. The Hall–Kier alpha value is -3.30. The lowest BCUT2D eigenvalue weighted by atomic mass is 9.83. The quantitative estimate of drug-likeness (QED) is 0.601. The van der Waals surface area contributed by atoms with E-state index in [2.05, 4.69) is 10.4 Å². The molecule has 1 amide bonds. The second kappa shape index (κ2) is 6.78. The van der Waals surface area contributed by atoms with Crippen molar-refractivity contribution in [3.8, 4) is 11.5 Å². The minimum Gasteiger partial charge on any atom is -0.493 e.